The molecule has 2 rings (SSSR count). The van der Waals surface area contributed by atoms with Gasteiger partial charge in [-0.25, -0.2) is 0 Å². The quantitative estimate of drug-likeness (QED) is 0.728. The summed E-state index contributed by atoms with van der Waals surface area (Å²) in [5, 5.41) is 2.47. The number of quaternary nitrogens is 1. The van der Waals surface area contributed by atoms with Crippen molar-refractivity contribution in [2.75, 3.05) is 52.4 Å². The molecule has 0 aromatic heterocycles. The molecule has 2 fully saturated rings. The van der Waals surface area contributed by atoms with Gasteiger partial charge in [-0.1, -0.05) is 6.92 Å². The first kappa shape index (κ1) is 12.3. The molecule has 0 bridgehead atoms. The van der Waals surface area contributed by atoms with Crippen molar-refractivity contribution in [2.24, 2.45) is 5.92 Å². The lowest BCUT2D eigenvalue weighted by atomic mass is 9.97. The molecule has 0 spiro atoms. The summed E-state index contributed by atoms with van der Waals surface area (Å²) in [5.74, 6) is 0.989. The maximum atomic E-state index is 2.70. The van der Waals surface area contributed by atoms with Crippen LogP contribution in [0.2, 0.25) is 0 Å². The van der Waals surface area contributed by atoms with E-state index in [1.54, 1.807) is 0 Å². The SMILES string of the molecule is CCCN1CCN(CC2CC[NH2+]CC2)CC1. The van der Waals surface area contributed by atoms with Crippen LogP contribution < -0.4 is 5.32 Å². The Labute approximate surface area is 100 Å². The predicted octanol–water partition coefficient (Wildman–Crippen LogP) is -0.0126. The summed E-state index contributed by atoms with van der Waals surface area (Å²) in [6.07, 6.45) is 4.18. The van der Waals surface area contributed by atoms with Crippen molar-refractivity contribution in [1.82, 2.24) is 9.80 Å². The second-order valence-corrected chi connectivity index (χ2v) is 5.45. The largest absolute Gasteiger partial charge is 0.346 e. The molecule has 0 aromatic rings. The highest BCUT2D eigenvalue weighted by atomic mass is 15.3. The summed E-state index contributed by atoms with van der Waals surface area (Å²) in [5.41, 5.74) is 0. The number of rotatable bonds is 4. The minimum absolute atomic E-state index is 0.989. The number of piperidine rings is 1. The molecule has 2 N–H and O–H groups in total. The van der Waals surface area contributed by atoms with Crippen molar-refractivity contribution in [2.45, 2.75) is 26.2 Å². The summed E-state index contributed by atoms with van der Waals surface area (Å²) >= 11 is 0. The third-order valence-electron chi connectivity index (χ3n) is 4.08. The van der Waals surface area contributed by atoms with Crippen LogP contribution in [0.4, 0.5) is 0 Å². The first-order valence-corrected chi connectivity index (χ1v) is 7.15. The van der Waals surface area contributed by atoms with E-state index in [4.69, 9.17) is 0 Å². The standard InChI is InChI=1S/C13H27N3/c1-2-7-15-8-10-16(11-9-15)12-13-3-5-14-6-4-13/h13-14H,2-12H2,1H3/p+1. The van der Waals surface area contributed by atoms with E-state index in [9.17, 15) is 0 Å². The monoisotopic (exact) mass is 226 g/mol. The van der Waals surface area contributed by atoms with Gasteiger partial charge in [-0.05, 0) is 18.9 Å². The molecule has 0 atom stereocenters. The highest BCUT2D eigenvalue weighted by molar-refractivity contribution is 4.74. The van der Waals surface area contributed by atoms with E-state index in [-0.39, 0.29) is 0 Å². The fourth-order valence-electron chi connectivity index (χ4n) is 3.06. The van der Waals surface area contributed by atoms with Gasteiger partial charge in [0.05, 0.1) is 13.1 Å². The summed E-state index contributed by atoms with van der Waals surface area (Å²) in [6.45, 7) is 12.9. The van der Waals surface area contributed by atoms with Crippen LogP contribution in [0.25, 0.3) is 0 Å². The Morgan fingerprint density at radius 2 is 1.62 bits per heavy atom. The topological polar surface area (TPSA) is 23.1 Å². The molecular weight excluding hydrogens is 198 g/mol. The lowest BCUT2D eigenvalue weighted by Crippen LogP contribution is -2.86. The second-order valence-electron chi connectivity index (χ2n) is 5.45. The van der Waals surface area contributed by atoms with Crippen molar-refractivity contribution < 1.29 is 5.32 Å². The lowest BCUT2D eigenvalue weighted by molar-refractivity contribution is -0.664. The molecule has 2 saturated heterocycles. The van der Waals surface area contributed by atoms with Gasteiger partial charge in [0.15, 0.2) is 0 Å². The minimum atomic E-state index is 0.989. The van der Waals surface area contributed by atoms with Gasteiger partial charge in [0.25, 0.3) is 0 Å². The highest BCUT2D eigenvalue weighted by Gasteiger charge is 2.21. The van der Waals surface area contributed by atoms with Gasteiger partial charge in [-0.15, -0.1) is 0 Å². The molecule has 94 valence electrons. The minimum Gasteiger partial charge on any atom is -0.346 e. The van der Waals surface area contributed by atoms with Gasteiger partial charge in [0.1, 0.15) is 0 Å². The van der Waals surface area contributed by atoms with Crippen LogP contribution >= 0.6 is 0 Å². The Morgan fingerprint density at radius 3 is 2.25 bits per heavy atom. The van der Waals surface area contributed by atoms with Crippen molar-refractivity contribution in [3.63, 3.8) is 0 Å². The molecular formula is C13H28N3+. The maximum Gasteiger partial charge on any atom is 0.0758 e. The molecule has 0 unspecified atom stereocenters. The maximum absolute atomic E-state index is 2.70. The molecule has 2 aliphatic heterocycles. The fourth-order valence-corrected chi connectivity index (χ4v) is 3.06. The Hall–Kier alpha value is -0.120. The van der Waals surface area contributed by atoms with Crippen molar-refractivity contribution in [3.8, 4) is 0 Å². The summed E-state index contributed by atoms with van der Waals surface area (Å²) in [7, 11) is 0. The van der Waals surface area contributed by atoms with Gasteiger partial charge in [0, 0.05) is 45.6 Å². The summed E-state index contributed by atoms with van der Waals surface area (Å²) < 4.78 is 0. The molecule has 0 saturated carbocycles. The second kappa shape index (κ2) is 6.58. The summed E-state index contributed by atoms with van der Waals surface area (Å²) in [6, 6.07) is 0. The van der Waals surface area contributed by atoms with E-state index >= 15 is 0 Å². The molecule has 0 aromatic carbocycles. The van der Waals surface area contributed by atoms with Crippen molar-refractivity contribution >= 4 is 0 Å². The van der Waals surface area contributed by atoms with Crippen LogP contribution in [0.15, 0.2) is 0 Å². The van der Waals surface area contributed by atoms with Gasteiger partial charge in [-0.3, -0.25) is 0 Å². The van der Waals surface area contributed by atoms with Gasteiger partial charge in [-0.2, -0.15) is 0 Å². The normalized spacial score (nSPS) is 26.1. The number of piperazine rings is 1. The summed E-state index contributed by atoms with van der Waals surface area (Å²) in [4.78, 5) is 5.31. The highest BCUT2D eigenvalue weighted by Crippen LogP contribution is 2.12. The molecule has 0 radical (unpaired) electrons. The zero-order valence-corrected chi connectivity index (χ0v) is 10.8. The Balaban J connectivity index is 1.64. The molecule has 0 amide bonds. The van der Waals surface area contributed by atoms with Gasteiger partial charge < -0.3 is 15.1 Å². The zero-order chi connectivity index (χ0) is 11.2. The Kier molecular flexibility index (Phi) is 5.07. The predicted molar refractivity (Wildman–Crippen MR) is 67.6 cm³/mol. The van der Waals surface area contributed by atoms with Crippen molar-refractivity contribution in [3.05, 3.63) is 0 Å². The Morgan fingerprint density at radius 1 is 1.00 bits per heavy atom. The number of nitrogens with zero attached hydrogens (tertiary/aromatic N) is 2. The van der Waals surface area contributed by atoms with Crippen LogP contribution in [0, 0.1) is 5.92 Å². The Bertz CT molecular complexity index is 182. The van der Waals surface area contributed by atoms with E-state index < -0.39 is 0 Å². The molecule has 3 nitrogen and oxygen atoms in total. The number of nitrogens with two attached hydrogens (primary N) is 1. The third kappa shape index (κ3) is 3.72. The van der Waals surface area contributed by atoms with Crippen LogP contribution in [0.3, 0.4) is 0 Å². The molecule has 16 heavy (non-hydrogen) atoms. The lowest BCUT2D eigenvalue weighted by Gasteiger charge is -2.36. The van der Waals surface area contributed by atoms with E-state index in [2.05, 4.69) is 22.0 Å². The van der Waals surface area contributed by atoms with E-state index in [1.807, 2.05) is 0 Å². The van der Waals surface area contributed by atoms with E-state index in [0.717, 1.165) is 5.92 Å². The van der Waals surface area contributed by atoms with Gasteiger partial charge >= 0.3 is 0 Å². The van der Waals surface area contributed by atoms with Crippen LogP contribution in [-0.2, 0) is 0 Å². The first-order valence-electron chi connectivity index (χ1n) is 7.15. The zero-order valence-electron chi connectivity index (χ0n) is 10.8. The van der Waals surface area contributed by atoms with Crippen LogP contribution in [0.5, 0.6) is 0 Å². The number of hydrogen-bond acceptors (Lipinski definition) is 2. The van der Waals surface area contributed by atoms with Crippen LogP contribution in [0.1, 0.15) is 26.2 Å². The van der Waals surface area contributed by atoms with E-state index in [0.29, 0.717) is 0 Å². The first-order chi connectivity index (χ1) is 7.88. The molecule has 2 aliphatic rings. The average molecular weight is 226 g/mol. The molecule has 3 heteroatoms. The van der Waals surface area contributed by atoms with Crippen molar-refractivity contribution in [1.29, 1.82) is 0 Å². The average Bonchev–Trinajstić information content (AvgIpc) is 2.33. The molecule has 2 heterocycles. The molecule has 0 aliphatic carbocycles. The third-order valence-corrected chi connectivity index (χ3v) is 4.08. The fraction of sp³-hybridized carbons (Fsp3) is 1.00. The number of hydrogen-bond donors (Lipinski definition) is 1. The smallest absolute Gasteiger partial charge is 0.0758 e. The van der Waals surface area contributed by atoms with Crippen LogP contribution in [-0.4, -0.2) is 62.2 Å². The van der Waals surface area contributed by atoms with E-state index in [1.165, 1.54) is 71.6 Å². The van der Waals surface area contributed by atoms with Gasteiger partial charge in [0.2, 0.25) is 0 Å².